The first-order chi connectivity index (χ1) is 9.77. The molecule has 2 rings (SSSR count). The number of aliphatic carboxylic acids is 1. The maximum absolute atomic E-state index is 11.8. The molecule has 0 saturated carbocycles. The zero-order valence-electron chi connectivity index (χ0n) is 13.8. The van der Waals surface area contributed by atoms with Crippen LogP contribution in [-0.2, 0) is 4.79 Å². The minimum Gasteiger partial charge on any atom is -0.480 e. The van der Waals surface area contributed by atoms with E-state index in [0.29, 0.717) is 12.3 Å². The molecule has 1 heterocycles. The second kappa shape index (κ2) is 5.70. The largest absolute Gasteiger partial charge is 0.480 e. The lowest BCUT2D eigenvalue weighted by Gasteiger charge is -2.50. The predicted molar refractivity (Wildman–Crippen MR) is 87.1 cm³/mol. The Morgan fingerprint density at radius 2 is 2.14 bits per heavy atom. The molecule has 1 aliphatic heterocycles. The monoisotopic (exact) mass is 289 g/mol. The molecule has 2 atom stereocenters. The number of nitrogens with zero attached hydrogens (tertiary/aromatic N) is 1. The third-order valence-electron chi connectivity index (χ3n) is 4.59. The lowest BCUT2D eigenvalue weighted by atomic mass is 9.78. The Bertz CT molecular complexity index is 536. The van der Waals surface area contributed by atoms with Crippen molar-refractivity contribution >= 4 is 11.7 Å². The van der Waals surface area contributed by atoms with Crippen LogP contribution in [0.3, 0.4) is 0 Å². The molecule has 0 saturated heterocycles. The highest BCUT2D eigenvalue weighted by molar-refractivity contribution is 5.80. The predicted octanol–water partition coefficient (Wildman–Crippen LogP) is 4.34. The Balaban J connectivity index is 2.56. The van der Waals surface area contributed by atoms with Gasteiger partial charge in [0.1, 0.15) is 6.04 Å². The highest BCUT2D eigenvalue weighted by Crippen LogP contribution is 2.45. The van der Waals surface area contributed by atoms with Crippen LogP contribution in [0.4, 0.5) is 5.69 Å². The summed E-state index contributed by atoms with van der Waals surface area (Å²) in [6.07, 6.45) is 2.54. The van der Waals surface area contributed by atoms with Gasteiger partial charge in [0, 0.05) is 11.2 Å². The summed E-state index contributed by atoms with van der Waals surface area (Å²) < 4.78 is 0. The minimum atomic E-state index is -0.717. The van der Waals surface area contributed by atoms with Gasteiger partial charge in [-0.25, -0.2) is 4.79 Å². The van der Waals surface area contributed by atoms with Gasteiger partial charge in [0.05, 0.1) is 0 Å². The topological polar surface area (TPSA) is 40.5 Å². The van der Waals surface area contributed by atoms with Crippen LogP contribution in [0, 0.1) is 6.92 Å². The lowest BCUT2D eigenvalue weighted by Crippen LogP contribution is -2.56. The molecular formula is C18H27NO2. The molecule has 0 radical (unpaired) electrons. The van der Waals surface area contributed by atoms with Gasteiger partial charge < -0.3 is 10.0 Å². The van der Waals surface area contributed by atoms with E-state index in [1.165, 1.54) is 11.1 Å². The Morgan fingerprint density at radius 3 is 2.71 bits per heavy atom. The smallest absolute Gasteiger partial charge is 0.326 e. The molecular weight excluding hydrogens is 262 g/mol. The van der Waals surface area contributed by atoms with Crippen LogP contribution in [0.15, 0.2) is 18.2 Å². The highest BCUT2D eigenvalue weighted by atomic mass is 16.4. The summed E-state index contributed by atoms with van der Waals surface area (Å²) in [5, 5.41) is 9.69. The van der Waals surface area contributed by atoms with E-state index in [1.807, 2.05) is 6.92 Å². The summed E-state index contributed by atoms with van der Waals surface area (Å²) in [6.45, 7) is 10.7. The molecule has 1 aromatic carbocycles. The van der Waals surface area contributed by atoms with E-state index in [1.54, 1.807) is 0 Å². The fraction of sp³-hybridized carbons (Fsp3) is 0.611. The van der Waals surface area contributed by atoms with Crippen LogP contribution in [0.25, 0.3) is 0 Å². The van der Waals surface area contributed by atoms with Crippen molar-refractivity contribution in [2.75, 3.05) is 4.90 Å². The van der Waals surface area contributed by atoms with Crippen LogP contribution in [0.2, 0.25) is 0 Å². The molecule has 1 aromatic rings. The van der Waals surface area contributed by atoms with Gasteiger partial charge >= 0.3 is 5.97 Å². The summed E-state index contributed by atoms with van der Waals surface area (Å²) in [6, 6.07) is 5.96. The van der Waals surface area contributed by atoms with E-state index in [9.17, 15) is 9.90 Å². The van der Waals surface area contributed by atoms with Gasteiger partial charge in [-0.3, -0.25) is 0 Å². The number of benzene rings is 1. The highest BCUT2D eigenvalue weighted by Gasteiger charge is 2.42. The van der Waals surface area contributed by atoms with E-state index >= 15 is 0 Å². The number of carboxylic acids is 1. The zero-order chi connectivity index (χ0) is 15.8. The fourth-order valence-electron chi connectivity index (χ4n) is 3.80. The van der Waals surface area contributed by atoms with E-state index in [4.69, 9.17) is 0 Å². The van der Waals surface area contributed by atoms with Crippen LogP contribution in [0.5, 0.6) is 0 Å². The molecule has 3 heteroatoms. The lowest BCUT2D eigenvalue weighted by molar-refractivity contribution is -0.139. The molecule has 1 N–H and O–H groups in total. The van der Waals surface area contributed by atoms with Gasteiger partial charge in [0.15, 0.2) is 0 Å². The number of fused-ring (bicyclic) bond motifs is 1. The number of anilines is 1. The van der Waals surface area contributed by atoms with Gasteiger partial charge in [-0.15, -0.1) is 0 Å². The zero-order valence-corrected chi connectivity index (χ0v) is 13.8. The molecule has 0 spiro atoms. The number of hydrogen-bond donors (Lipinski definition) is 1. The Morgan fingerprint density at radius 1 is 1.48 bits per heavy atom. The van der Waals surface area contributed by atoms with Gasteiger partial charge in [-0.05, 0) is 51.2 Å². The summed E-state index contributed by atoms with van der Waals surface area (Å²) in [5.41, 5.74) is 3.49. The Kier molecular flexibility index (Phi) is 4.31. The molecule has 116 valence electrons. The first kappa shape index (κ1) is 15.9. The summed E-state index contributed by atoms with van der Waals surface area (Å²) >= 11 is 0. The number of rotatable bonds is 4. The van der Waals surface area contributed by atoms with Gasteiger partial charge in [-0.1, -0.05) is 38.0 Å². The Labute approximate surface area is 128 Å². The van der Waals surface area contributed by atoms with Crippen LogP contribution in [-0.4, -0.2) is 22.7 Å². The second-order valence-corrected chi connectivity index (χ2v) is 6.99. The Hall–Kier alpha value is -1.51. The molecule has 0 unspecified atom stereocenters. The number of carboxylic acid groups (broad SMARTS) is 1. The molecule has 1 aliphatic rings. The number of hydrogen-bond acceptors (Lipinski definition) is 2. The standard InChI is InChI=1S/C18H27NO2/c1-6-7-16(17(20)21)19-15-9-8-12(2)10-14(15)13(3)11-18(19,4)5/h8-10,13,16H,6-7,11H2,1-5H3,(H,20,21)/t13-,16-/m1/s1. The number of carbonyl (C=O) groups is 1. The van der Waals surface area contributed by atoms with Crippen molar-refractivity contribution in [2.24, 2.45) is 0 Å². The maximum Gasteiger partial charge on any atom is 0.326 e. The summed E-state index contributed by atoms with van der Waals surface area (Å²) in [4.78, 5) is 13.9. The minimum absolute atomic E-state index is 0.139. The normalized spacial score (nSPS) is 21.8. The second-order valence-electron chi connectivity index (χ2n) is 6.99. The SMILES string of the molecule is CCC[C@H](C(=O)O)N1c2ccc(C)cc2[C@H](C)CC1(C)C. The van der Waals surface area contributed by atoms with Gasteiger partial charge in [-0.2, -0.15) is 0 Å². The van der Waals surface area contributed by atoms with E-state index in [-0.39, 0.29) is 5.54 Å². The maximum atomic E-state index is 11.8. The van der Waals surface area contributed by atoms with Gasteiger partial charge in [0.25, 0.3) is 0 Å². The molecule has 0 aliphatic carbocycles. The van der Waals surface area contributed by atoms with Crippen LogP contribution >= 0.6 is 0 Å². The fourth-order valence-corrected chi connectivity index (χ4v) is 3.80. The summed E-state index contributed by atoms with van der Waals surface area (Å²) in [5.74, 6) is -0.256. The average Bonchev–Trinajstić information content (AvgIpc) is 2.37. The van der Waals surface area contributed by atoms with Crippen molar-refractivity contribution in [3.05, 3.63) is 29.3 Å². The molecule has 0 amide bonds. The van der Waals surface area contributed by atoms with Gasteiger partial charge in [0.2, 0.25) is 0 Å². The van der Waals surface area contributed by atoms with Crippen molar-refractivity contribution < 1.29 is 9.90 Å². The van der Waals surface area contributed by atoms with E-state index < -0.39 is 12.0 Å². The molecule has 0 bridgehead atoms. The van der Waals surface area contributed by atoms with Crippen molar-refractivity contribution in [1.29, 1.82) is 0 Å². The molecule has 21 heavy (non-hydrogen) atoms. The molecule has 0 fully saturated rings. The van der Waals surface area contributed by atoms with Crippen LogP contribution < -0.4 is 4.90 Å². The number of aryl methyl sites for hydroxylation is 1. The summed E-state index contributed by atoms with van der Waals surface area (Å²) in [7, 11) is 0. The third kappa shape index (κ3) is 2.92. The van der Waals surface area contributed by atoms with E-state index in [0.717, 1.165) is 18.5 Å². The van der Waals surface area contributed by atoms with Crippen LogP contribution in [0.1, 0.15) is 64.0 Å². The average molecular weight is 289 g/mol. The molecule has 0 aromatic heterocycles. The first-order valence-corrected chi connectivity index (χ1v) is 7.90. The van der Waals surface area contributed by atoms with Crippen molar-refractivity contribution in [1.82, 2.24) is 0 Å². The quantitative estimate of drug-likeness (QED) is 0.896. The van der Waals surface area contributed by atoms with Crippen molar-refractivity contribution in [3.63, 3.8) is 0 Å². The first-order valence-electron chi connectivity index (χ1n) is 7.90. The van der Waals surface area contributed by atoms with Crippen molar-refractivity contribution in [2.45, 2.75) is 71.4 Å². The van der Waals surface area contributed by atoms with E-state index in [2.05, 4.69) is 50.8 Å². The van der Waals surface area contributed by atoms with Crippen molar-refractivity contribution in [3.8, 4) is 0 Å². The third-order valence-corrected chi connectivity index (χ3v) is 4.59. The molecule has 3 nitrogen and oxygen atoms in total.